The van der Waals surface area contributed by atoms with E-state index in [9.17, 15) is 9.59 Å². The number of fused-ring (bicyclic) bond motifs is 1. The van der Waals surface area contributed by atoms with E-state index in [2.05, 4.69) is 10.3 Å². The lowest BCUT2D eigenvalue weighted by Crippen LogP contribution is -2.40. The number of para-hydroxylation sites is 1. The Labute approximate surface area is 201 Å². The number of nitrogens with zero attached hydrogens (tertiary/aromatic N) is 2. The van der Waals surface area contributed by atoms with Gasteiger partial charge in [-0.2, -0.15) is 0 Å². The van der Waals surface area contributed by atoms with Crippen LogP contribution in [0, 0.1) is 6.92 Å². The Morgan fingerprint density at radius 1 is 0.971 bits per heavy atom. The third kappa shape index (κ3) is 4.16. The highest BCUT2D eigenvalue weighted by molar-refractivity contribution is 7.07. The average molecular weight is 466 g/mol. The molecule has 1 amide bonds. The van der Waals surface area contributed by atoms with Crippen LogP contribution >= 0.6 is 11.3 Å². The highest BCUT2D eigenvalue weighted by atomic mass is 32.1. The fourth-order valence-corrected chi connectivity index (χ4v) is 5.24. The number of aromatic nitrogens is 1. The van der Waals surface area contributed by atoms with Crippen molar-refractivity contribution in [1.82, 2.24) is 4.57 Å². The molecule has 1 unspecified atom stereocenters. The molecule has 0 saturated heterocycles. The lowest BCUT2D eigenvalue weighted by atomic mass is 9.95. The minimum Gasteiger partial charge on any atom is -0.322 e. The standard InChI is InChI=1S/C28H23N3O2S/c1-18-10-9-11-20(16-18)17-23-27(33)31-25(21-12-5-3-6-13-21)24(19(2)29-28(31)34-23)26(32)30-22-14-7-4-8-15-22/h3-17,25H,1-2H3,(H,30,32)/b23-17-. The number of carbonyl (C=O) groups is 1. The van der Waals surface area contributed by atoms with E-state index in [1.165, 1.54) is 11.3 Å². The maximum atomic E-state index is 13.6. The van der Waals surface area contributed by atoms with E-state index in [-0.39, 0.29) is 11.5 Å². The molecule has 34 heavy (non-hydrogen) atoms. The second kappa shape index (κ2) is 9.08. The van der Waals surface area contributed by atoms with Gasteiger partial charge >= 0.3 is 0 Å². The van der Waals surface area contributed by atoms with Gasteiger partial charge in [0, 0.05) is 5.69 Å². The van der Waals surface area contributed by atoms with Gasteiger partial charge in [0.25, 0.3) is 11.5 Å². The zero-order chi connectivity index (χ0) is 23.7. The number of carbonyl (C=O) groups excluding carboxylic acids is 1. The van der Waals surface area contributed by atoms with Crippen molar-refractivity contribution < 1.29 is 4.79 Å². The van der Waals surface area contributed by atoms with Gasteiger partial charge in [0.2, 0.25) is 0 Å². The number of benzene rings is 3. The fourth-order valence-electron chi connectivity index (χ4n) is 4.19. The summed E-state index contributed by atoms with van der Waals surface area (Å²) in [4.78, 5) is 32.4. The van der Waals surface area contributed by atoms with Crippen molar-refractivity contribution in [3.8, 4) is 0 Å². The van der Waals surface area contributed by atoms with E-state index >= 15 is 0 Å². The Balaban J connectivity index is 1.67. The molecule has 1 aromatic heterocycles. The van der Waals surface area contributed by atoms with Gasteiger partial charge in [-0.25, -0.2) is 4.99 Å². The smallest absolute Gasteiger partial charge is 0.271 e. The van der Waals surface area contributed by atoms with Crippen LogP contribution in [-0.2, 0) is 4.79 Å². The minimum absolute atomic E-state index is 0.156. The van der Waals surface area contributed by atoms with Crippen LogP contribution < -0.4 is 20.2 Å². The predicted molar refractivity (Wildman–Crippen MR) is 136 cm³/mol. The lowest BCUT2D eigenvalue weighted by Gasteiger charge is -2.25. The Hall–Kier alpha value is -4.03. The van der Waals surface area contributed by atoms with E-state index in [0.29, 0.717) is 26.3 Å². The molecule has 3 aromatic carbocycles. The average Bonchev–Trinajstić information content (AvgIpc) is 3.13. The van der Waals surface area contributed by atoms with E-state index < -0.39 is 6.04 Å². The van der Waals surface area contributed by atoms with Gasteiger partial charge in [-0.1, -0.05) is 89.7 Å². The molecule has 1 aliphatic rings. The van der Waals surface area contributed by atoms with Crippen LogP contribution in [0.4, 0.5) is 5.69 Å². The Morgan fingerprint density at radius 2 is 1.68 bits per heavy atom. The Kier molecular flexibility index (Phi) is 5.82. The van der Waals surface area contributed by atoms with Gasteiger partial charge in [-0.3, -0.25) is 14.2 Å². The molecule has 2 heterocycles. The van der Waals surface area contributed by atoms with Gasteiger partial charge < -0.3 is 5.32 Å². The molecule has 5 nitrogen and oxygen atoms in total. The van der Waals surface area contributed by atoms with Crippen molar-refractivity contribution in [1.29, 1.82) is 0 Å². The van der Waals surface area contributed by atoms with Crippen molar-refractivity contribution in [2.45, 2.75) is 19.9 Å². The molecule has 4 aromatic rings. The maximum Gasteiger partial charge on any atom is 0.271 e. The summed E-state index contributed by atoms with van der Waals surface area (Å²) in [7, 11) is 0. The molecule has 1 N–H and O–H groups in total. The van der Waals surface area contributed by atoms with Crippen molar-refractivity contribution in [3.63, 3.8) is 0 Å². The summed E-state index contributed by atoms with van der Waals surface area (Å²) in [6.07, 6.45) is 1.89. The number of rotatable bonds is 4. The first-order valence-electron chi connectivity index (χ1n) is 11.0. The van der Waals surface area contributed by atoms with Crippen LogP contribution in [0.1, 0.15) is 29.7 Å². The molecule has 6 heteroatoms. The number of amides is 1. The number of allylic oxidation sites excluding steroid dienone is 1. The normalized spacial score (nSPS) is 15.6. The number of nitrogens with one attached hydrogen (secondary N) is 1. The van der Waals surface area contributed by atoms with Crippen LogP contribution in [0.2, 0.25) is 0 Å². The lowest BCUT2D eigenvalue weighted by molar-refractivity contribution is -0.113. The summed E-state index contributed by atoms with van der Waals surface area (Å²) in [5, 5.41) is 2.97. The molecular weight excluding hydrogens is 442 g/mol. The van der Waals surface area contributed by atoms with Crippen LogP contribution in [0.3, 0.4) is 0 Å². The van der Waals surface area contributed by atoms with Crippen LogP contribution in [0.5, 0.6) is 0 Å². The zero-order valence-corrected chi connectivity index (χ0v) is 19.7. The predicted octanol–water partition coefficient (Wildman–Crippen LogP) is 4.18. The van der Waals surface area contributed by atoms with E-state index in [4.69, 9.17) is 0 Å². The van der Waals surface area contributed by atoms with Crippen molar-refractivity contribution >= 4 is 29.0 Å². The molecule has 0 saturated carbocycles. The molecule has 0 fully saturated rings. The maximum absolute atomic E-state index is 13.6. The second-order valence-corrected chi connectivity index (χ2v) is 9.24. The molecule has 1 aliphatic heterocycles. The van der Waals surface area contributed by atoms with Crippen molar-refractivity contribution in [3.05, 3.63) is 133 Å². The Morgan fingerprint density at radius 3 is 2.38 bits per heavy atom. The highest BCUT2D eigenvalue weighted by Gasteiger charge is 2.32. The fraction of sp³-hybridized carbons (Fsp3) is 0.107. The third-order valence-electron chi connectivity index (χ3n) is 5.75. The number of anilines is 1. The monoisotopic (exact) mass is 465 g/mol. The number of thiazole rings is 1. The van der Waals surface area contributed by atoms with Gasteiger partial charge in [0.05, 0.1) is 21.8 Å². The number of hydrogen-bond donors (Lipinski definition) is 1. The summed E-state index contributed by atoms with van der Waals surface area (Å²) in [5.74, 6) is -0.269. The van der Waals surface area contributed by atoms with E-state index in [0.717, 1.165) is 16.7 Å². The minimum atomic E-state index is -0.569. The zero-order valence-electron chi connectivity index (χ0n) is 18.9. The van der Waals surface area contributed by atoms with E-state index in [1.54, 1.807) is 4.57 Å². The topological polar surface area (TPSA) is 63.5 Å². The summed E-state index contributed by atoms with van der Waals surface area (Å²) in [5.41, 5.74) is 4.54. The molecule has 5 rings (SSSR count). The van der Waals surface area contributed by atoms with Crippen LogP contribution in [0.25, 0.3) is 6.08 Å². The molecular formula is C28H23N3O2S. The van der Waals surface area contributed by atoms with E-state index in [1.807, 2.05) is 105 Å². The molecule has 0 spiro atoms. The second-order valence-electron chi connectivity index (χ2n) is 8.23. The molecule has 0 radical (unpaired) electrons. The quantitative estimate of drug-likeness (QED) is 0.491. The summed E-state index contributed by atoms with van der Waals surface area (Å²) in [6, 6.07) is 26.4. The van der Waals surface area contributed by atoms with Gasteiger partial charge in [0.15, 0.2) is 4.80 Å². The van der Waals surface area contributed by atoms with Crippen LogP contribution in [0.15, 0.2) is 106 Å². The molecule has 168 valence electrons. The first-order chi connectivity index (χ1) is 16.5. The summed E-state index contributed by atoms with van der Waals surface area (Å²) < 4.78 is 2.23. The molecule has 1 atom stereocenters. The third-order valence-corrected chi connectivity index (χ3v) is 6.74. The van der Waals surface area contributed by atoms with Gasteiger partial charge in [0.1, 0.15) is 0 Å². The Bertz CT molecular complexity index is 1580. The van der Waals surface area contributed by atoms with Crippen molar-refractivity contribution in [2.24, 2.45) is 4.99 Å². The van der Waals surface area contributed by atoms with Crippen molar-refractivity contribution in [2.75, 3.05) is 5.32 Å². The number of aryl methyl sites for hydroxylation is 1. The largest absolute Gasteiger partial charge is 0.322 e. The SMILES string of the molecule is CC1=C(C(=O)Nc2ccccc2)C(c2ccccc2)n2c(s/c(=C\c3cccc(C)c3)c2=O)=N1. The highest BCUT2D eigenvalue weighted by Crippen LogP contribution is 2.30. The number of hydrogen-bond acceptors (Lipinski definition) is 4. The first-order valence-corrected chi connectivity index (χ1v) is 11.8. The summed E-state index contributed by atoms with van der Waals surface area (Å²) >= 11 is 1.34. The first kappa shape index (κ1) is 21.8. The van der Waals surface area contributed by atoms with Gasteiger partial charge in [-0.15, -0.1) is 0 Å². The molecule has 0 bridgehead atoms. The van der Waals surface area contributed by atoms with Crippen LogP contribution in [-0.4, -0.2) is 10.5 Å². The molecule has 0 aliphatic carbocycles. The van der Waals surface area contributed by atoms with Gasteiger partial charge in [-0.05, 0) is 43.2 Å². The summed E-state index contributed by atoms with van der Waals surface area (Å²) in [6.45, 7) is 3.85.